The Morgan fingerprint density at radius 1 is 1.32 bits per heavy atom. The minimum absolute atomic E-state index is 0.0628. The molecule has 0 bridgehead atoms. The zero-order valence-electron chi connectivity index (χ0n) is 10.3. The van der Waals surface area contributed by atoms with Crippen LogP contribution in [0, 0.1) is 5.82 Å². The van der Waals surface area contributed by atoms with Crippen LogP contribution in [-0.2, 0) is 0 Å². The van der Waals surface area contributed by atoms with Crippen molar-refractivity contribution < 1.29 is 4.39 Å². The number of rotatable bonds is 5. The Hall–Kier alpha value is -1.46. The van der Waals surface area contributed by atoms with Crippen LogP contribution in [0.1, 0.15) is 18.0 Å². The van der Waals surface area contributed by atoms with Gasteiger partial charge in [0, 0.05) is 23.3 Å². The number of pyridine rings is 1. The molecule has 1 atom stereocenters. The van der Waals surface area contributed by atoms with Gasteiger partial charge in [0.05, 0.1) is 0 Å². The Kier molecular flexibility index (Phi) is 4.87. The highest BCUT2D eigenvalue weighted by atomic mass is 79.9. The fraction of sp³-hybridized carbons (Fsp3) is 0.214. The van der Waals surface area contributed by atoms with E-state index in [0.29, 0.717) is 17.4 Å². The van der Waals surface area contributed by atoms with Crippen molar-refractivity contribution in [3.8, 4) is 0 Å². The molecule has 0 aliphatic rings. The molecule has 19 heavy (non-hydrogen) atoms. The first-order chi connectivity index (χ1) is 9.16. The molecule has 1 heterocycles. The molecule has 0 spiro atoms. The monoisotopic (exact) mass is 323 g/mol. The maximum Gasteiger partial charge on any atom is 0.166 e. The standard InChI is InChI=1S/C14H15BrFN3/c15-11-8-12(16)14(19-9-11)18-7-6-13(17)10-4-2-1-3-5-10/h1-5,8-9,13H,6-7,17H2,(H,18,19). The lowest BCUT2D eigenvalue weighted by atomic mass is 10.1. The molecule has 1 aromatic heterocycles. The number of nitrogens with two attached hydrogens (primary N) is 1. The molecular weight excluding hydrogens is 309 g/mol. The Balaban J connectivity index is 1.86. The molecule has 0 aliphatic carbocycles. The van der Waals surface area contributed by atoms with E-state index in [-0.39, 0.29) is 17.7 Å². The third kappa shape index (κ3) is 4.01. The highest BCUT2D eigenvalue weighted by Crippen LogP contribution is 2.17. The van der Waals surface area contributed by atoms with E-state index in [9.17, 15) is 4.39 Å². The first kappa shape index (κ1) is 14.0. The quantitative estimate of drug-likeness (QED) is 0.885. The molecule has 3 N–H and O–H groups in total. The van der Waals surface area contributed by atoms with E-state index >= 15 is 0 Å². The molecule has 3 nitrogen and oxygen atoms in total. The van der Waals surface area contributed by atoms with Crippen molar-refractivity contribution in [2.24, 2.45) is 5.73 Å². The SMILES string of the molecule is NC(CCNc1ncc(Br)cc1F)c1ccccc1. The van der Waals surface area contributed by atoms with Gasteiger partial charge in [-0.25, -0.2) is 9.37 Å². The zero-order chi connectivity index (χ0) is 13.7. The molecule has 0 radical (unpaired) electrons. The van der Waals surface area contributed by atoms with Crippen LogP contribution in [0.3, 0.4) is 0 Å². The van der Waals surface area contributed by atoms with E-state index in [1.54, 1.807) is 6.20 Å². The van der Waals surface area contributed by atoms with Crippen molar-refractivity contribution in [1.29, 1.82) is 0 Å². The van der Waals surface area contributed by atoms with Gasteiger partial charge in [0.2, 0.25) is 0 Å². The maximum atomic E-state index is 13.5. The molecule has 1 aromatic carbocycles. The van der Waals surface area contributed by atoms with Crippen molar-refractivity contribution >= 4 is 21.7 Å². The lowest BCUT2D eigenvalue weighted by Gasteiger charge is -2.13. The summed E-state index contributed by atoms with van der Waals surface area (Å²) in [5.74, 6) is -0.119. The third-order valence-corrected chi connectivity index (χ3v) is 3.22. The summed E-state index contributed by atoms with van der Waals surface area (Å²) in [7, 11) is 0. The molecule has 0 aliphatic heterocycles. The lowest BCUT2D eigenvalue weighted by Crippen LogP contribution is -2.16. The van der Waals surface area contributed by atoms with Crippen molar-refractivity contribution in [1.82, 2.24) is 4.98 Å². The number of nitrogens with one attached hydrogen (secondary N) is 1. The van der Waals surface area contributed by atoms with Gasteiger partial charge in [0.25, 0.3) is 0 Å². The fourth-order valence-electron chi connectivity index (χ4n) is 1.76. The van der Waals surface area contributed by atoms with Crippen molar-refractivity contribution in [3.05, 3.63) is 58.4 Å². The topological polar surface area (TPSA) is 50.9 Å². The summed E-state index contributed by atoms with van der Waals surface area (Å²) in [5.41, 5.74) is 7.14. The van der Waals surface area contributed by atoms with Crippen LogP contribution in [0.15, 0.2) is 47.1 Å². The summed E-state index contributed by atoms with van der Waals surface area (Å²) in [4.78, 5) is 3.97. The maximum absolute atomic E-state index is 13.5. The number of nitrogens with zero attached hydrogens (tertiary/aromatic N) is 1. The predicted molar refractivity (Wildman–Crippen MR) is 78.4 cm³/mol. The molecule has 0 fully saturated rings. The molecule has 0 saturated carbocycles. The van der Waals surface area contributed by atoms with Gasteiger partial charge in [-0.2, -0.15) is 0 Å². The summed E-state index contributed by atoms with van der Waals surface area (Å²) in [6.45, 7) is 0.571. The number of hydrogen-bond acceptors (Lipinski definition) is 3. The summed E-state index contributed by atoms with van der Waals surface area (Å²) in [6, 6.07) is 11.2. The molecule has 2 rings (SSSR count). The normalized spacial score (nSPS) is 12.2. The molecule has 1 unspecified atom stereocenters. The van der Waals surface area contributed by atoms with Crippen LogP contribution in [0.4, 0.5) is 10.2 Å². The van der Waals surface area contributed by atoms with Gasteiger partial charge in [0.1, 0.15) is 0 Å². The number of benzene rings is 1. The zero-order valence-corrected chi connectivity index (χ0v) is 11.9. The van der Waals surface area contributed by atoms with Gasteiger partial charge < -0.3 is 11.1 Å². The second-order valence-corrected chi connectivity index (χ2v) is 5.13. The van der Waals surface area contributed by atoms with E-state index in [1.165, 1.54) is 6.07 Å². The molecule has 5 heteroatoms. The Morgan fingerprint density at radius 3 is 2.74 bits per heavy atom. The highest BCUT2D eigenvalue weighted by Gasteiger charge is 2.07. The number of halogens is 2. The second kappa shape index (κ2) is 6.63. The molecule has 2 aromatic rings. The van der Waals surface area contributed by atoms with Gasteiger partial charge in [-0.05, 0) is 34.0 Å². The van der Waals surface area contributed by atoms with Gasteiger partial charge in [-0.3, -0.25) is 0 Å². The summed E-state index contributed by atoms with van der Waals surface area (Å²) < 4.78 is 14.1. The largest absolute Gasteiger partial charge is 0.368 e. The van der Waals surface area contributed by atoms with E-state index < -0.39 is 0 Å². The van der Waals surface area contributed by atoms with E-state index in [2.05, 4.69) is 26.2 Å². The van der Waals surface area contributed by atoms with Crippen LogP contribution in [0.2, 0.25) is 0 Å². The number of aromatic nitrogens is 1. The van der Waals surface area contributed by atoms with Crippen LogP contribution < -0.4 is 11.1 Å². The van der Waals surface area contributed by atoms with Crippen LogP contribution in [-0.4, -0.2) is 11.5 Å². The van der Waals surface area contributed by atoms with E-state index in [1.807, 2.05) is 30.3 Å². The molecule has 0 saturated heterocycles. The minimum Gasteiger partial charge on any atom is -0.368 e. The molecule has 100 valence electrons. The van der Waals surface area contributed by atoms with Crippen molar-refractivity contribution in [2.75, 3.05) is 11.9 Å². The first-order valence-corrected chi connectivity index (χ1v) is 6.81. The Bertz CT molecular complexity index is 533. The number of anilines is 1. The smallest absolute Gasteiger partial charge is 0.166 e. The van der Waals surface area contributed by atoms with Gasteiger partial charge >= 0.3 is 0 Å². The Labute approximate surface area is 120 Å². The first-order valence-electron chi connectivity index (χ1n) is 6.02. The predicted octanol–water partition coefficient (Wildman–Crippen LogP) is 3.49. The number of hydrogen-bond donors (Lipinski definition) is 2. The second-order valence-electron chi connectivity index (χ2n) is 4.22. The summed E-state index contributed by atoms with van der Waals surface area (Å²) in [6.07, 6.45) is 2.27. The average Bonchev–Trinajstić information content (AvgIpc) is 2.42. The van der Waals surface area contributed by atoms with E-state index in [0.717, 1.165) is 5.56 Å². The lowest BCUT2D eigenvalue weighted by molar-refractivity contribution is 0.618. The van der Waals surface area contributed by atoms with Gasteiger partial charge in [0.15, 0.2) is 11.6 Å². The minimum atomic E-state index is -0.373. The van der Waals surface area contributed by atoms with E-state index in [4.69, 9.17) is 5.73 Å². The fourth-order valence-corrected chi connectivity index (χ4v) is 2.06. The Morgan fingerprint density at radius 2 is 2.05 bits per heavy atom. The summed E-state index contributed by atoms with van der Waals surface area (Å²) in [5, 5.41) is 2.95. The van der Waals surface area contributed by atoms with Crippen molar-refractivity contribution in [3.63, 3.8) is 0 Å². The van der Waals surface area contributed by atoms with Gasteiger partial charge in [-0.15, -0.1) is 0 Å². The average molecular weight is 324 g/mol. The van der Waals surface area contributed by atoms with Crippen LogP contribution in [0.25, 0.3) is 0 Å². The molecule has 0 amide bonds. The van der Waals surface area contributed by atoms with Crippen molar-refractivity contribution in [2.45, 2.75) is 12.5 Å². The summed E-state index contributed by atoms with van der Waals surface area (Å²) >= 11 is 3.17. The third-order valence-electron chi connectivity index (χ3n) is 2.78. The van der Waals surface area contributed by atoms with Gasteiger partial charge in [-0.1, -0.05) is 30.3 Å². The van der Waals surface area contributed by atoms with Crippen LogP contribution in [0.5, 0.6) is 0 Å². The molecular formula is C14H15BrFN3. The van der Waals surface area contributed by atoms with Crippen LogP contribution >= 0.6 is 15.9 Å². The highest BCUT2D eigenvalue weighted by molar-refractivity contribution is 9.10.